The van der Waals surface area contributed by atoms with Gasteiger partial charge in [-0.25, -0.2) is 13.8 Å². The average molecular weight is 464 g/mol. The third-order valence-electron chi connectivity index (χ3n) is 4.99. The van der Waals surface area contributed by atoms with Crippen molar-refractivity contribution in [3.05, 3.63) is 83.1 Å². The molecule has 0 aliphatic rings. The molecule has 0 saturated heterocycles. The number of ether oxygens (including phenoxy) is 1. The Morgan fingerprint density at radius 2 is 1.79 bits per heavy atom. The van der Waals surface area contributed by atoms with E-state index in [0.717, 1.165) is 18.2 Å². The number of hydrogen-bond donors (Lipinski definition) is 2. The highest BCUT2D eigenvalue weighted by Gasteiger charge is 2.27. The number of aryl methyl sites for hydroxylation is 1. The molecule has 0 radical (unpaired) electrons. The summed E-state index contributed by atoms with van der Waals surface area (Å²) in [6.07, 6.45) is 1.51. The highest BCUT2D eigenvalue weighted by Crippen LogP contribution is 2.27. The van der Waals surface area contributed by atoms with Crippen LogP contribution in [0.2, 0.25) is 0 Å². The molecule has 3 rings (SSSR count). The number of carbonyl (C=O) groups is 2. The first-order chi connectivity index (χ1) is 16.2. The maximum atomic E-state index is 14.0. The van der Waals surface area contributed by atoms with E-state index in [1.54, 1.807) is 51.1 Å². The van der Waals surface area contributed by atoms with Crippen LogP contribution in [-0.2, 0) is 4.79 Å². The fraction of sp³-hybridized carbons (Fsp3) is 0.200. The van der Waals surface area contributed by atoms with Gasteiger partial charge in [0.05, 0.1) is 0 Å². The molecule has 1 heterocycles. The predicted molar refractivity (Wildman–Crippen MR) is 121 cm³/mol. The van der Waals surface area contributed by atoms with Gasteiger partial charge in [-0.15, -0.1) is 0 Å². The van der Waals surface area contributed by atoms with Crippen LogP contribution in [0.5, 0.6) is 11.6 Å². The molecule has 0 fully saturated rings. The molecule has 2 N–H and O–H groups in total. The van der Waals surface area contributed by atoms with Crippen molar-refractivity contribution < 1.29 is 23.1 Å². The zero-order valence-electron chi connectivity index (χ0n) is 18.7. The Morgan fingerprint density at radius 1 is 1.09 bits per heavy atom. The second-order valence-corrected chi connectivity index (χ2v) is 7.83. The van der Waals surface area contributed by atoms with Gasteiger partial charge in [0.2, 0.25) is 11.8 Å². The molecule has 2 amide bonds. The van der Waals surface area contributed by atoms with Crippen LogP contribution in [-0.4, -0.2) is 22.8 Å². The lowest BCUT2D eigenvalue weighted by Crippen LogP contribution is -2.47. The molecule has 3 aromatic rings. The minimum Gasteiger partial charge on any atom is -0.438 e. The Bertz CT molecular complexity index is 1250. The number of benzene rings is 2. The Kier molecular flexibility index (Phi) is 7.53. The first kappa shape index (κ1) is 24.3. The molecular weight excluding hydrogens is 442 g/mol. The lowest BCUT2D eigenvalue weighted by atomic mass is 10.0. The van der Waals surface area contributed by atoms with Gasteiger partial charge in [0.25, 0.3) is 5.91 Å². The molecule has 0 saturated carbocycles. The number of halogens is 2. The monoisotopic (exact) mass is 464 g/mol. The van der Waals surface area contributed by atoms with Crippen molar-refractivity contribution in [1.82, 2.24) is 10.3 Å². The van der Waals surface area contributed by atoms with Crippen molar-refractivity contribution in [2.45, 2.75) is 26.8 Å². The minimum atomic E-state index is -1.05. The van der Waals surface area contributed by atoms with Crippen molar-refractivity contribution in [2.24, 2.45) is 5.92 Å². The first-order valence-corrected chi connectivity index (χ1v) is 10.4. The summed E-state index contributed by atoms with van der Waals surface area (Å²) in [7, 11) is 0. The number of pyridine rings is 1. The molecule has 1 atom stereocenters. The van der Waals surface area contributed by atoms with Gasteiger partial charge in [0.1, 0.15) is 40.6 Å². The van der Waals surface area contributed by atoms with E-state index < -0.39 is 35.1 Å². The van der Waals surface area contributed by atoms with E-state index in [0.29, 0.717) is 17.0 Å². The summed E-state index contributed by atoms with van der Waals surface area (Å²) < 4.78 is 33.6. The molecule has 0 aliphatic heterocycles. The van der Waals surface area contributed by atoms with Crippen LogP contribution < -0.4 is 15.4 Å². The van der Waals surface area contributed by atoms with Gasteiger partial charge in [-0.05, 0) is 60.9 Å². The van der Waals surface area contributed by atoms with Gasteiger partial charge in [0, 0.05) is 11.9 Å². The maximum Gasteiger partial charge on any atom is 0.257 e. The van der Waals surface area contributed by atoms with Crippen LogP contribution in [0.1, 0.15) is 35.3 Å². The summed E-state index contributed by atoms with van der Waals surface area (Å²) in [5.41, 5.74) is 0.634. The average Bonchev–Trinajstić information content (AvgIpc) is 2.79. The van der Waals surface area contributed by atoms with Gasteiger partial charge >= 0.3 is 0 Å². The van der Waals surface area contributed by atoms with E-state index in [4.69, 9.17) is 10.00 Å². The van der Waals surface area contributed by atoms with Crippen LogP contribution in [0.15, 0.2) is 54.7 Å². The number of aromatic nitrogens is 1. The largest absolute Gasteiger partial charge is 0.438 e. The van der Waals surface area contributed by atoms with Gasteiger partial charge in [-0.3, -0.25) is 9.59 Å². The molecule has 0 spiro atoms. The normalized spacial score (nSPS) is 11.4. The molecule has 7 nitrogen and oxygen atoms in total. The third-order valence-corrected chi connectivity index (χ3v) is 4.99. The molecular formula is C25H22F2N4O3. The Balaban J connectivity index is 1.75. The summed E-state index contributed by atoms with van der Waals surface area (Å²) in [5, 5.41) is 14.3. The summed E-state index contributed by atoms with van der Waals surface area (Å²) in [6, 6.07) is 12.1. The van der Waals surface area contributed by atoms with Crippen molar-refractivity contribution >= 4 is 17.5 Å². The summed E-state index contributed by atoms with van der Waals surface area (Å²) in [4.78, 5) is 29.4. The molecule has 0 unspecified atom stereocenters. The van der Waals surface area contributed by atoms with Crippen LogP contribution >= 0.6 is 0 Å². The second kappa shape index (κ2) is 10.5. The van der Waals surface area contributed by atoms with E-state index in [2.05, 4.69) is 15.6 Å². The summed E-state index contributed by atoms with van der Waals surface area (Å²) in [5.74, 6) is -3.39. The van der Waals surface area contributed by atoms with Gasteiger partial charge in [0.15, 0.2) is 0 Å². The van der Waals surface area contributed by atoms with Gasteiger partial charge in [-0.2, -0.15) is 5.26 Å². The number of hydrogen-bond acceptors (Lipinski definition) is 5. The summed E-state index contributed by atoms with van der Waals surface area (Å²) in [6.45, 7) is 5.14. The third kappa shape index (κ3) is 5.53. The standard InChI is InChI=1S/C25H22F2N4O3/c1-14(2)22(31-23(32)21-18(26)7-4-8-19(21)27)24(33)30-20-10-9-17(12-15(20)3)34-25-16(13-28)6-5-11-29-25/h4-12,14,22H,1-3H3,(H,30,33)(H,31,32)/t22-/m0/s1. The maximum absolute atomic E-state index is 14.0. The molecule has 2 aromatic carbocycles. The second-order valence-electron chi connectivity index (χ2n) is 7.83. The SMILES string of the molecule is Cc1cc(Oc2ncccc2C#N)ccc1NC(=O)[C@@H](NC(=O)c1c(F)cccc1F)C(C)C. The quantitative estimate of drug-likeness (QED) is 0.526. The summed E-state index contributed by atoms with van der Waals surface area (Å²) >= 11 is 0. The Morgan fingerprint density at radius 3 is 2.41 bits per heavy atom. The van der Waals surface area contributed by atoms with Crippen molar-refractivity contribution in [1.29, 1.82) is 5.26 Å². The fourth-order valence-electron chi connectivity index (χ4n) is 3.18. The first-order valence-electron chi connectivity index (χ1n) is 10.4. The molecule has 9 heteroatoms. The van der Waals surface area contributed by atoms with Crippen molar-refractivity contribution in [3.63, 3.8) is 0 Å². The van der Waals surface area contributed by atoms with Gasteiger partial charge in [-0.1, -0.05) is 19.9 Å². The Hall–Kier alpha value is -4.32. The zero-order valence-corrected chi connectivity index (χ0v) is 18.7. The van der Waals surface area contributed by atoms with Crippen molar-refractivity contribution in [3.8, 4) is 17.7 Å². The predicted octanol–water partition coefficient (Wildman–Crippen LogP) is 4.73. The van der Waals surface area contributed by atoms with E-state index in [1.165, 1.54) is 6.20 Å². The highest BCUT2D eigenvalue weighted by atomic mass is 19.1. The van der Waals surface area contributed by atoms with E-state index in [-0.39, 0.29) is 17.4 Å². The zero-order chi connectivity index (χ0) is 24.8. The van der Waals surface area contributed by atoms with Crippen LogP contribution in [0.4, 0.5) is 14.5 Å². The van der Waals surface area contributed by atoms with E-state index in [1.807, 2.05) is 6.07 Å². The highest BCUT2D eigenvalue weighted by molar-refractivity contribution is 6.01. The lowest BCUT2D eigenvalue weighted by molar-refractivity contribution is -0.118. The van der Waals surface area contributed by atoms with Crippen LogP contribution in [0.25, 0.3) is 0 Å². The van der Waals surface area contributed by atoms with Gasteiger partial charge < -0.3 is 15.4 Å². The number of anilines is 1. The fourth-order valence-corrected chi connectivity index (χ4v) is 3.18. The minimum absolute atomic E-state index is 0.157. The molecule has 0 bridgehead atoms. The van der Waals surface area contributed by atoms with Crippen molar-refractivity contribution in [2.75, 3.05) is 5.32 Å². The molecule has 34 heavy (non-hydrogen) atoms. The smallest absolute Gasteiger partial charge is 0.257 e. The number of amides is 2. The Labute approximate surface area is 195 Å². The van der Waals surface area contributed by atoms with E-state index >= 15 is 0 Å². The molecule has 1 aromatic heterocycles. The molecule has 174 valence electrons. The topological polar surface area (TPSA) is 104 Å². The van der Waals surface area contributed by atoms with Crippen LogP contribution in [0.3, 0.4) is 0 Å². The molecule has 0 aliphatic carbocycles. The van der Waals surface area contributed by atoms with Crippen LogP contribution in [0, 0.1) is 35.8 Å². The lowest BCUT2D eigenvalue weighted by Gasteiger charge is -2.22. The number of carbonyl (C=O) groups excluding carboxylic acids is 2. The van der Waals surface area contributed by atoms with E-state index in [9.17, 15) is 18.4 Å². The number of nitrogens with zero attached hydrogens (tertiary/aromatic N) is 2. The number of nitrogens with one attached hydrogen (secondary N) is 2. The number of rotatable bonds is 7. The number of nitriles is 1.